The minimum Gasteiger partial charge on any atom is -0.357 e. The number of hydrogen-bond acceptors (Lipinski definition) is 2. The molecule has 1 atom stereocenters. The van der Waals surface area contributed by atoms with E-state index in [0.717, 1.165) is 29.9 Å². The van der Waals surface area contributed by atoms with Gasteiger partial charge in [0.05, 0.1) is 6.61 Å². The summed E-state index contributed by atoms with van der Waals surface area (Å²) in [5, 5.41) is 0. The third-order valence-corrected chi connectivity index (χ3v) is 4.87. The number of halogens is 1. The molecule has 0 aliphatic carbocycles. The van der Waals surface area contributed by atoms with E-state index in [2.05, 4.69) is 98.5 Å². The zero-order valence-corrected chi connectivity index (χ0v) is 14.9. The summed E-state index contributed by atoms with van der Waals surface area (Å²) in [6.45, 7) is 2.65. The van der Waals surface area contributed by atoms with Crippen LogP contribution in [0.25, 0.3) is 5.69 Å². The predicted molar refractivity (Wildman–Crippen MR) is 99.0 cm³/mol. The van der Waals surface area contributed by atoms with Crippen LogP contribution >= 0.6 is 15.9 Å². The third-order valence-electron chi connectivity index (χ3n) is 4.34. The number of nitrogens with zero attached hydrogens (tertiary/aromatic N) is 2. The number of aromatic nitrogens is 1. The molecule has 24 heavy (non-hydrogen) atoms. The lowest BCUT2D eigenvalue weighted by Gasteiger charge is -2.22. The Morgan fingerprint density at radius 1 is 1.00 bits per heavy atom. The molecule has 0 spiro atoms. The van der Waals surface area contributed by atoms with Crippen molar-refractivity contribution in [2.24, 2.45) is 0 Å². The van der Waals surface area contributed by atoms with E-state index in [1.54, 1.807) is 0 Å². The van der Waals surface area contributed by atoms with Gasteiger partial charge in [-0.25, -0.2) is 0 Å². The van der Waals surface area contributed by atoms with Gasteiger partial charge < -0.3 is 9.30 Å². The molecule has 4 heteroatoms. The smallest absolute Gasteiger partial charge is 0.138 e. The van der Waals surface area contributed by atoms with Gasteiger partial charge in [0.15, 0.2) is 0 Å². The van der Waals surface area contributed by atoms with Crippen LogP contribution in [0.3, 0.4) is 0 Å². The molecule has 0 saturated carbocycles. The molecule has 3 aromatic rings. The maximum Gasteiger partial charge on any atom is 0.138 e. The van der Waals surface area contributed by atoms with Crippen LogP contribution < -0.4 is 0 Å². The Morgan fingerprint density at radius 2 is 1.79 bits per heavy atom. The van der Waals surface area contributed by atoms with Gasteiger partial charge in [0.1, 0.15) is 6.23 Å². The standard InChI is InChI=1S/C20H19BrN2O/c21-18-6-8-19(9-7-18)22-11-10-17(15-22)20-23(12-13-24-20)14-16-4-2-1-3-5-16/h1-11,15,20H,12-14H2. The van der Waals surface area contributed by atoms with Crippen molar-refractivity contribution in [3.8, 4) is 5.69 Å². The third kappa shape index (κ3) is 3.31. The summed E-state index contributed by atoms with van der Waals surface area (Å²) in [7, 11) is 0. The molecule has 2 heterocycles. The Bertz CT molecular complexity index is 798. The Labute approximate surface area is 150 Å². The molecule has 0 amide bonds. The minimum atomic E-state index is 0.0295. The summed E-state index contributed by atoms with van der Waals surface area (Å²) < 4.78 is 9.23. The van der Waals surface area contributed by atoms with Crippen LogP contribution in [0, 0.1) is 0 Å². The fourth-order valence-electron chi connectivity index (χ4n) is 3.12. The molecule has 4 rings (SSSR count). The monoisotopic (exact) mass is 382 g/mol. The van der Waals surface area contributed by atoms with Gasteiger partial charge in [-0.1, -0.05) is 46.3 Å². The van der Waals surface area contributed by atoms with Crippen LogP contribution in [-0.4, -0.2) is 22.6 Å². The highest BCUT2D eigenvalue weighted by atomic mass is 79.9. The fraction of sp³-hybridized carbons (Fsp3) is 0.200. The van der Waals surface area contributed by atoms with Crippen LogP contribution in [0.2, 0.25) is 0 Å². The molecular weight excluding hydrogens is 364 g/mol. The van der Waals surface area contributed by atoms with Crippen LogP contribution in [0.4, 0.5) is 0 Å². The van der Waals surface area contributed by atoms with Gasteiger partial charge in [0, 0.05) is 41.2 Å². The zero-order chi connectivity index (χ0) is 16.4. The van der Waals surface area contributed by atoms with E-state index < -0.39 is 0 Å². The van der Waals surface area contributed by atoms with E-state index in [0.29, 0.717) is 0 Å². The average molecular weight is 383 g/mol. The van der Waals surface area contributed by atoms with E-state index in [4.69, 9.17) is 4.74 Å². The highest BCUT2D eigenvalue weighted by molar-refractivity contribution is 9.10. The summed E-state index contributed by atoms with van der Waals surface area (Å²) in [5.74, 6) is 0. The Hall–Kier alpha value is -1.88. The maximum absolute atomic E-state index is 6.00. The average Bonchev–Trinajstić information content (AvgIpc) is 3.25. The van der Waals surface area contributed by atoms with Crippen molar-refractivity contribution in [1.82, 2.24) is 9.47 Å². The number of hydrogen-bond donors (Lipinski definition) is 0. The topological polar surface area (TPSA) is 17.4 Å². The summed E-state index contributed by atoms with van der Waals surface area (Å²) in [6.07, 6.45) is 4.29. The van der Waals surface area contributed by atoms with Crippen LogP contribution in [0.1, 0.15) is 17.4 Å². The first-order valence-electron chi connectivity index (χ1n) is 8.13. The molecule has 1 unspecified atom stereocenters. The largest absolute Gasteiger partial charge is 0.357 e. The van der Waals surface area contributed by atoms with Crippen molar-refractivity contribution in [1.29, 1.82) is 0 Å². The van der Waals surface area contributed by atoms with E-state index in [-0.39, 0.29) is 6.23 Å². The van der Waals surface area contributed by atoms with Gasteiger partial charge in [0.25, 0.3) is 0 Å². The van der Waals surface area contributed by atoms with E-state index in [1.807, 2.05) is 0 Å². The van der Waals surface area contributed by atoms with Crippen LogP contribution in [0.5, 0.6) is 0 Å². The van der Waals surface area contributed by atoms with Gasteiger partial charge in [-0.05, 0) is 35.9 Å². The molecule has 1 aromatic heterocycles. The second-order valence-corrected chi connectivity index (χ2v) is 6.92. The fourth-order valence-corrected chi connectivity index (χ4v) is 3.39. The molecular formula is C20H19BrN2O. The predicted octanol–water partition coefficient (Wildman–Crippen LogP) is 4.77. The number of benzene rings is 2. The number of rotatable bonds is 4. The minimum absolute atomic E-state index is 0.0295. The molecule has 0 radical (unpaired) electrons. The van der Waals surface area contributed by atoms with Crippen molar-refractivity contribution < 1.29 is 4.74 Å². The van der Waals surface area contributed by atoms with Crippen molar-refractivity contribution in [3.05, 3.63) is 88.7 Å². The molecule has 3 nitrogen and oxygen atoms in total. The Balaban J connectivity index is 1.53. The number of ether oxygens (including phenoxy) is 1. The van der Waals surface area contributed by atoms with Crippen molar-refractivity contribution in [3.63, 3.8) is 0 Å². The summed E-state index contributed by atoms with van der Waals surface area (Å²) in [4.78, 5) is 2.39. The van der Waals surface area contributed by atoms with Gasteiger partial charge in [-0.3, -0.25) is 4.90 Å². The molecule has 0 N–H and O–H groups in total. The quantitative estimate of drug-likeness (QED) is 0.646. The summed E-state index contributed by atoms with van der Waals surface area (Å²) >= 11 is 3.48. The second kappa shape index (κ2) is 6.93. The van der Waals surface area contributed by atoms with Gasteiger partial charge in [0.2, 0.25) is 0 Å². The van der Waals surface area contributed by atoms with Crippen LogP contribution in [-0.2, 0) is 11.3 Å². The lowest BCUT2D eigenvalue weighted by Crippen LogP contribution is -2.23. The molecule has 0 bridgehead atoms. The van der Waals surface area contributed by atoms with E-state index >= 15 is 0 Å². The highest BCUT2D eigenvalue weighted by Crippen LogP contribution is 2.29. The molecule has 1 fully saturated rings. The molecule has 2 aromatic carbocycles. The molecule has 1 saturated heterocycles. The zero-order valence-electron chi connectivity index (χ0n) is 13.3. The molecule has 122 valence electrons. The second-order valence-electron chi connectivity index (χ2n) is 6.01. The first kappa shape index (κ1) is 15.6. The lowest BCUT2D eigenvalue weighted by atomic mass is 10.2. The normalized spacial score (nSPS) is 18.1. The first-order valence-corrected chi connectivity index (χ1v) is 8.92. The maximum atomic E-state index is 6.00. The highest BCUT2D eigenvalue weighted by Gasteiger charge is 2.27. The lowest BCUT2D eigenvalue weighted by molar-refractivity contribution is 0.0288. The van der Waals surface area contributed by atoms with Gasteiger partial charge in [-0.15, -0.1) is 0 Å². The molecule has 1 aliphatic rings. The Morgan fingerprint density at radius 3 is 2.58 bits per heavy atom. The summed E-state index contributed by atoms with van der Waals surface area (Å²) in [6, 6.07) is 21.0. The van der Waals surface area contributed by atoms with Gasteiger partial charge in [-0.2, -0.15) is 0 Å². The summed E-state index contributed by atoms with van der Waals surface area (Å²) in [5.41, 5.74) is 3.67. The van der Waals surface area contributed by atoms with Gasteiger partial charge >= 0.3 is 0 Å². The van der Waals surface area contributed by atoms with E-state index in [9.17, 15) is 0 Å². The first-order chi connectivity index (χ1) is 11.8. The van der Waals surface area contributed by atoms with E-state index in [1.165, 1.54) is 11.1 Å². The Kier molecular flexibility index (Phi) is 4.52. The SMILES string of the molecule is Brc1ccc(-n2ccc(C3OCCN3Cc3ccccc3)c2)cc1. The van der Waals surface area contributed by atoms with Crippen molar-refractivity contribution in [2.75, 3.05) is 13.2 Å². The van der Waals surface area contributed by atoms with Crippen molar-refractivity contribution >= 4 is 15.9 Å². The molecule has 1 aliphatic heterocycles. The van der Waals surface area contributed by atoms with Crippen molar-refractivity contribution in [2.45, 2.75) is 12.8 Å². The van der Waals surface area contributed by atoms with Crippen LogP contribution in [0.15, 0.2) is 77.5 Å².